The van der Waals surface area contributed by atoms with Crippen LogP contribution in [0.3, 0.4) is 0 Å². The second-order valence-electron chi connectivity index (χ2n) is 4.05. The number of amides is 1. The van der Waals surface area contributed by atoms with Gasteiger partial charge in [-0.25, -0.2) is 4.39 Å². The Kier molecular flexibility index (Phi) is 6.14. The zero-order chi connectivity index (χ0) is 13.4. The van der Waals surface area contributed by atoms with Crippen LogP contribution in [0.4, 0.5) is 10.1 Å². The number of unbranched alkanes of at least 4 members (excludes halogenated alkanes) is 2. The van der Waals surface area contributed by atoms with E-state index in [0.29, 0.717) is 12.1 Å². The number of rotatable bonds is 7. The van der Waals surface area contributed by atoms with Gasteiger partial charge in [0.15, 0.2) is 0 Å². The van der Waals surface area contributed by atoms with Gasteiger partial charge in [-0.3, -0.25) is 4.79 Å². The van der Waals surface area contributed by atoms with E-state index < -0.39 is 5.82 Å². The summed E-state index contributed by atoms with van der Waals surface area (Å²) in [4.78, 5) is 11.7. The molecule has 0 aliphatic carbocycles. The number of carbonyl (C=O) groups is 1. The van der Waals surface area contributed by atoms with E-state index in [4.69, 9.17) is 10.5 Å². The summed E-state index contributed by atoms with van der Waals surface area (Å²) in [5, 5.41) is 2.76. The number of nitrogen functional groups attached to an aromatic ring is 1. The number of benzene rings is 1. The van der Waals surface area contributed by atoms with Crippen LogP contribution in [0.25, 0.3) is 0 Å². The Morgan fingerprint density at radius 2 is 2.17 bits per heavy atom. The third kappa shape index (κ3) is 4.71. The van der Waals surface area contributed by atoms with Crippen molar-refractivity contribution in [3.8, 4) is 0 Å². The van der Waals surface area contributed by atoms with Crippen LogP contribution >= 0.6 is 0 Å². The second kappa shape index (κ2) is 7.66. The topological polar surface area (TPSA) is 64.3 Å². The molecule has 0 saturated heterocycles. The SMILES string of the molecule is COCCCCCNC(=O)c1ccc(F)c(N)c1. The van der Waals surface area contributed by atoms with Crippen LogP contribution in [-0.2, 0) is 4.74 Å². The molecular formula is C13H19FN2O2. The first kappa shape index (κ1) is 14.4. The number of ether oxygens (including phenoxy) is 1. The van der Waals surface area contributed by atoms with Crippen LogP contribution in [-0.4, -0.2) is 26.2 Å². The van der Waals surface area contributed by atoms with Crippen molar-refractivity contribution >= 4 is 11.6 Å². The molecule has 1 aromatic rings. The zero-order valence-electron chi connectivity index (χ0n) is 10.5. The van der Waals surface area contributed by atoms with E-state index in [1.54, 1.807) is 7.11 Å². The predicted molar refractivity (Wildman–Crippen MR) is 68.9 cm³/mol. The Labute approximate surface area is 106 Å². The van der Waals surface area contributed by atoms with Crippen LogP contribution in [0.5, 0.6) is 0 Å². The van der Waals surface area contributed by atoms with Crippen LogP contribution in [0.2, 0.25) is 0 Å². The van der Waals surface area contributed by atoms with E-state index in [-0.39, 0.29) is 11.6 Å². The first-order chi connectivity index (χ1) is 8.65. The van der Waals surface area contributed by atoms with E-state index in [1.165, 1.54) is 18.2 Å². The molecule has 0 unspecified atom stereocenters. The maximum atomic E-state index is 12.9. The molecule has 0 heterocycles. The van der Waals surface area contributed by atoms with Crippen molar-refractivity contribution in [1.82, 2.24) is 5.32 Å². The molecule has 1 amide bonds. The average molecular weight is 254 g/mol. The van der Waals surface area contributed by atoms with Gasteiger partial charge in [0.05, 0.1) is 5.69 Å². The standard InChI is InChI=1S/C13H19FN2O2/c1-18-8-4-2-3-7-16-13(17)10-5-6-11(14)12(15)9-10/h5-6,9H,2-4,7-8,15H2,1H3,(H,16,17). The lowest BCUT2D eigenvalue weighted by Crippen LogP contribution is -2.24. The molecule has 0 aliphatic rings. The quantitative estimate of drug-likeness (QED) is 0.577. The van der Waals surface area contributed by atoms with Gasteiger partial charge in [0.1, 0.15) is 5.82 Å². The molecule has 100 valence electrons. The largest absolute Gasteiger partial charge is 0.396 e. The van der Waals surface area contributed by atoms with Crippen molar-refractivity contribution in [1.29, 1.82) is 0 Å². The molecular weight excluding hydrogens is 235 g/mol. The molecule has 5 heteroatoms. The lowest BCUT2D eigenvalue weighted by Gasteiger charge is -2.06. The molecule has 3 N–H and O–H groups in total. The van der Waals surface area contributed by atoms with Crippen LogP contribution < -0.4 is 11.1 Å². The van der Waals surface area contributed by atoms with E-state index in [2.05, 4.69) is 5.32 Å². The van der Waals surface area contributed by atoms with Gasteiger partial charge >= 0.3 is 0 Å². The highest BCUT2D eigenvalue weighted by Gasteiger charge is 2.07. The molecule has 0 radical (unpaired) electrons. The number of hydrogen-bond acceptors (Lipinski definition) is 3. The van der Waals surface area contributed by atoms with E-state index in [1.807, 2.05) is 0 Å². The van der Waals surface area contributed by atoms with Gasteiger partial charge in [0, 0.05) is 25.8 Å². The fourth-order valence-corrected chi connectivity index (χ4v) is 1.54. The summed E-state index contributed by atoms with van der Waals surface area (Å²) in [6.07, 6.45) is 2.88. The van der Waals surface area contributed by atoms with E-state index >= 15 is 0 Å². The number of nitrogens with one attached hydrogen (secondary N) is 1. The fraction of sp³-hybridized carbons (Fsp3) is 0.462. The third-order valence-electron chi connectivity index (χ3n) is 2.57. The summed E-state index contributed by atoms with van der Waals surface area (Å²) < 4.78 is 17.8. The molecule has 1 aromatic carbocycles. The number of halogens is 1. The highest BCUT2D eigenvalue weighted by atomic mass is 19.1. The Morgan fingerprint density at radius 1 is 1.39 bits per heavy atom. The predicted octanol–water partition coefficient (Wildman–Crippen LogP) is 1.95. The molecule has 18 heavy (non-hydrogen) atoms. The fourth-order valence-electron chi connectivity index (χ4n) is 1.54. The Balaban J connectivity index is 2.30. The van der Waals surface area contributed by atoms with Crippen molar-refractivity contribution in [3.05, 3.63) is 29.6 Å². The summed E-state index contributed by atoms with van der Waals surface area (Å²) in [6.45, 7) is 1.34. The summed E-state index contributed by atoms with van der Waals surface area (Å²) in [5.41, 5.74) is 5.77. The van der Waals surface area contributed by atoms with Gasteiger partial charge in [0.25, 0.3) is 5.91 Å². The van der Waals surface area contributed by atoms with Gasteiger partial charge < -0.3 is 15.8 Å². The minimum absolute atomic E-state index is 0.0113. The van der Waals surface area contributed by atoms with Gasteiger partial charge in [-0.2, -0.15) is 0 Å². The van der Waals surface area contributed by atoms with Crippen LogP contribution in [0, 0.1) is 5.82 Å². The number of anilines is 1. The van der Waals surface area contributed by atoms with Crippen LogP contribution in [0.1, 0.15) is 29.6 Å². The van der Waals surface area contributed by atoms with Gasteiger partial charge in [-0.05, 0) is 37.5 Å². The van der Waals surface area contributed by atoms with Crippen molar-refractivity contribution in [2.45, 2.75) is 19.3 Å². The summed E-state index contributed by atoms with van der Waals surface area (Å²) in [6, 6.07) is 3.96. The molecule has 0 fully saturated rings. The average Bonchev–Trinajstić information content (AvgIpc) is 2.36. The molecule has 0 aliphatic heterocycles. The monoisotopic (exact) mass is 254 g/mol. The first-order valence-corrected chi connectivity index (χ1v) is 5.97. The molecule has 0 atom stereocenters. The van der Waals surface area contributed by atoms with Gasteiger partial charge in [-0.1, -0.05) is 0 Å². The van der Waals surface area contributed by atoms with E-state index in [9.17, 15) is 9.18 Å². The molecule has 4 nitrogen and oxygen atoms in total. The number of nitrogens with two attached hydrogens (primary N) is 1. The van der Waals surface area contributed by atoms with Crippen molar-refractivity contribution in [2.24, 2.45) is 0 Å². The maximum Gasteiger partial charge on any atom is 0.251 e. The maximum absolute atomic E-state index is 12.9. The summed E-state index contributed by atoms with van der Waals surface area (Å²) in [5.74, 6) is -0.737. The second-order valence-corrected chi connectivity index (χ2v) is 4.05. The van der Waals surface area contributed by atoms with Gasteiger partial charge in [-0.15, -0.1) is 0 Å². The highest BCUT2D eigenvalue weighted by molar-refractivity contribution is 5.94. The van der Waals surface area contributed by atoms with E-state index in [0.717, 1.165) is 25.9 Å². The number of hydrogen-bond donors (Lipinski definition) is 2. The molecule has 0 aromatic heterocycles. The smallest absolute Gasteiger partial charge is 0.251 e. The van der Waals surface area contributed by atoms with Gasteiger partial charge in [0.2, 0.25) is 0 Å². The number of carbonyl (C=O) groups excluding carboxylic acids is 1. The Morgan fingerprint density at radius 3 is 2.83 bits per heavy atom. The molecule has 0 bridgehead atoms. The number of methoxy groups -OCH3 is 1. The normalized spacial score (nSPS) is 10.3. The summed E-state index contributed by atoms with van der Waals surface area (Å²) >= 11 is 0. The lowest BCUT2D eigenvalue weighted by atomic mass is 10.1. The highest BCUT2D eigenvalue weighted by Crippen LogP contribution is 2.12. The minimum Gasteiger partial charge on any atom is -0.396 e. The summed E-state index contributed by atoms with van der Waals surface area (Å²) in [7, 11) is 1.67. The Bertz CT molecular complexity index is 397. The molecule has 1 rings (SSSR count). The van der Waals surface area contributed by atoms with Crippen molar-refractivity contribution < 1.29 is 13.9 Å². The molecule has 0 spiro atoms. The van der Waals surface area contributed by atoms with Crippen LogP contribution in [0.15, 0.2) is 18.2 Å². The van der Waals surface area contributed by atoms with Crippen molar-refractivity contribution in [3.63, 3.8) is 0 Å². The minimum atomic E-state index is -0.508. The third-order valence-corrected chi connectivity index (χ3v) is 2.57. The first-order valence-electron chi connectivity index (χ1n) is 5.97. The Hall–Kier alpha value is -1.62. The lowest BCUT2D eigenvalue weighted by molar-refractivity contribution is 0.0952. The molecule has 0 saturated carbocycles. The van der Waals surface area contributed by atoms with Crippen molar-refractivity contribution in [2.75, 3.05) is 26.0 Å². The zero-order valence-corrected chi connectivity index (χ0v) is 10.5.